The fourth-order valence-electron chi connectivity index (χ4n) is 2.63. The first-order valence-corrected chi connectivity index (χ1v) is 8.14. The minimum Gasteiger partial charge on any atom is -0.357 e. The van der Waals surface area contributed by atoms with E-state index < -0.39 is 0 Å². The molecule has 1 aliphatic rings. The third-order valence-corrected chi connectivity index (χ3v) is 4.09. The van der Waals surface area contributed by atoms with Gasteiger partial charge in [0.1, 0.15) is 0 Å². The molecule has 0 aromatic heterocycles. The molecule has 2 N–H and O–H groups in total. The normalized spacial score (nSPS) is 20.0. The SMILES string of the molecule is CCNC(=NCc1ccccc1)NCC1CN(C)CCN1C.I. The Labute approximate surface area is 157 Å². The molecule has 0 aliphatic carbocycles. The zero-order chi connectivity index (χ0) is 15.8. The first-order valence-electron chi connectivity index (χ1n) is 8.14. The third-order valence-electron chi connectivity index (χ3n) is 4.09. The molecule has 1 heterocycles. The average molecular weight is 431 g/mol. The lowest BCUT2D eigenvalue weighted by Crippen LogP contribution is -2.55. The molecule has 23 heavy (non-hydrogen) atoms. The van der Waals surface area contributed by atoms with Crippen molar-refractivity contribution in [1.29, 1.82) is 0 Å². The number of halogens is 1. The fourth-order valence-corrected chi connectivity index (χ4v) is 2.63. The van der Waals surface area contributed by atoms with Crippen LogP contribution in [0.25, 0.3) is 0 Å². The molecule has 1 fully saturated rings. The van der Waals surface area contributed by atoms with E-state index in [9.17, 15) is 0 Å². The molecule has 1 unspecified atom stereocenters. The van der Waals surface area contributed by atoms with E-state index >= 15 is 0 Å². The molecule has 1 aliphatic heterocycles. The number of nitrogens with one attached hydrogen (secondary N) is 2. The molecule has 1 atom stereocenters. The summed E-state index contributed by atoms with van der Waals surface area (Å²) in [4.78, 5) is 9.49. The number of guanidine groups is 1. The van der Waals surface area contributed by atoms with Gasteiger partial charge in [0.15, 0.2) is 5.96 Å². The summed E-state index contributed by atoms with van der Waals surface area (Å²) in [5, 5.41) is 6.81. The van der Waals surface area contributed by atoms with E-state index in [-0.39, 0.29) is 24.0 Å². The Morgan fingerprint density at radius 2 is 1.91 bits per heavy atom. The van der Waals surface area contributed by atoms with Crippen molar-refractivity contribution in [2.45, 2.75) is 19.5 Å². The second-order valence-electron chi connectivity index (χ2n) is 5.96. The summed E-state index contributed by atoms with van der Waals surface area (Å²) in [7, 11) is 4.39. The van der Waals surface area contributed by atoms with Crippen LogP contribution in [-0.2, 0) is 6.54 Å². The summed E-state index contributed by atoms with van der Waals surface area (Å²) in [6.07, 6.45) is 0. The lowest BCUT2D eigenvalue weighted by molar-refractivity contribution is 0.116. The molecule has 1 aromatic carbocycles. The van der Waals surface area contributed by atoms with Gasteiger partial charge in [-0.1, -0.05) is 30.3 Å². The highest BCUT2D eigenvalue weighted by Gasteiger charge is 2.21. The van der Waals surface area contributed by atoms with E-state index in [0.29, 0.717) is 12.6 Å². The Bertz CT molecular complexity index is 465. The Balaban J connectivity index is 0.00000264. The van der Waals surface area contributed by atoms with Crippen molar-refractivity contribution in [2.75, 3.05) is 46.8 Å². The van der Waals surface area contributed by atoms with Crippen molar-refractivity contribution < 1.29 is 0 Å². The van der Waals surface area contributed by atoms with Crippen LogP contribution in [0, 0.1) is 0 Å². The van der Waals surface area contributed by atoms with Gasteiger partial charge in [-0.3, -0.25) is 4.90 Å². The third kappa shape index (κ3) is 7.05. The number of nitrogens with zero attached hydrogens (tertiary/aromatic N) is 3. The summed E-state index contributed by atoms with van der Waals surface area (Å²) in [5.41, 5.74) is 1.23. The largest absolute Gasteiger partial charge is 0.357 e. The predicted molar refractivity (Wildman–Crippen MR) is 109 cm³/mol. The maximum atomic E-state index is 4.67. The van der Waals surface area contributed by atoms with Crippen LogP contribution in [0.4, 0.5) is 0 Å². The molecular weight excluding hydrogens is 401 g/mol. The first kappa shape index (κ1) is 20.2. The lowest BCUT2D eigenvalue weighted by Gasteiger charge is -2.37. The molecule has 0 spiro atoms. The molecule has 130 valence electrons. The maximum Gasteiger partial charge on any atom is 0.191 e. The van der Waals surface area contributed by atoms with Crippen LogP contribution in [-0.4, -0.2) is 68.6 Å². The van der Waals surface area contributed by atoms with Crippen LogP contribution in [0.15, 0.2) is 35.3 Å². The van der Waals surface area contributed by atoms with Gasteiger partial charge in [0.25, 0.3) is 0 Å². The van der Waals surface area contributed by atoms with Gasteiger partial charge >= 0.3 is 0 Å². The van der Waals surface area contributed by atoms with Crippen molar-refractivity contribution in [3.63, 3.8) is 0 Å². The molecule has 0 radical (unpaired) electrons. The highest BCUT2D eigenvalue weighted by atomic mass is 127. The van der Waals surface area contributed by atoms with E-state index in [4.69, 9.17) is 0 Å². The quantitative estimate of drug-likeness (QED) is 0.423. The number of benzene rings is 1. The zero-order valence-corrected chi connectivity index (χ0v) is 16.8. The van der Waals surface area contributed by atoms with Gasteiger partial charge in [0.2, 0.25) is 0 Å². The molecule has 6 heteroatoms. The number of piperazine rings is 1. The maximum absolute atomic E-state index is 4.67. The fraction of sp³-hybridized carbons (Fsp3) is 0.588. The Kier molecular flexibility index (Phi) is 9.50. The van der Waals surface area contributed by atoms with Gasteiger partial charge in [-0.05, 0) is 26.6 Å². The molecule has 5 nitrogen and oxygen atoms in total. The van der Waals surface area contributed by atoms with Crippen LogP contribution >= 0.6 is 24.0 Å². The highest BCUT2D eigenvalue weighted by Crippen LogP contribution is 2.05. The van der Waals surface area contributed by atoms with Gasteiger partial charge in [0.05, 0.1) is 6.54 Å². The van der Waals surface area contributed by atoms with E-state index in [2.05, 4.69) is 70.7 Å². The molecule has 1 saturated heterocycles. The highest BCUT2D eigenvalue weighted by molar-refractivity contribution is 14.0. The Morgan fingerprint density at radius 1 is 1.17 bits per heavy atom. The molecule has 0 bridgehead atoms. The predicted octanol–water partition coefficient (Wildman–Crippen LogP) is 1.61. The summed E-state index contributed by atoms with van der Waals surface area (Å²) in [5.74, 6) is 0.896. The first-order chi connectivity index (χ1) is 10.7. The molecule has 0 amide bonds. The number of likely N-dealkylation sites (N-methyl/N-ethyl adjacent to an activating group) is 2. The van der Waals surface area contributed by atoms with Crippen LogP contribution in [0.3, 0.4) is 0 Å². The standard InChI is InChI=1S/C17H29N5.HI/c1-4-18-17(19-12-15-8-6-5-7-9-15)20-13-16-14-21(2)10-11-22(16)3;/h5-9,16H,4,10-14H2,1-3H3,(H2,18,19,20);1H. The van der Waals surface area contributed by atoms with Crippen LogP contribution < -0.4 is 10.6 Å². The van der Waals surface area contributed by atoms with Crippen LogP contribution in [0.2, 0.25) is 0 Å². The van der Waals surface area contributed by atoms with Gasteiger partial charge in [-0.2, -0.15) is 0 Å². The number of aliphatic imine (C=N–C) groups is 1. The minimum absolute atomic E-state index is 0. The molecule has 1 aromatic rings. The zero-order valence-electron chi connectivity index (χ0n) is 14.5. The molecule has 0 saturated carbocycles. The summed E-state index contributed by atoms with van der Waals surface area (Å²) in [6, 6.07) is 10.9. The summed E-state index contributed by atoms with van der Waals surface area (Å²) >= 11 is 0. The van der Waals surface area contributed by atoms with Crippen molar-refractivity contribution in [3.05, 3.63) is 35.9 Å². The average Bonchev–Trinajstić information content (AvgIpc) is 2.54. The van der Waals surface area contributed by atoms with Gasteiger partial charge in [-0.15, -0.1) is 24.0 Å². The summed E-state index contributed by atoms with van der Waals surface area (Å²) in [6.45, 7) is 7.97. The van der Waals surface area contributed by atoms with Gasteiger partial charge in [-0.25, -0.2) is 4.99 Å². The Morgan fingerprint density at radius 3 is 2.61 bits per heavy atom. The summed E-state index contributed by atoms with van der Waals surface area (Å²) < 4.78 is 0. The number of hydrogen-bond donors (Lipinski definition) is 2. The van der Waals surface area contributed by atoms with E-state index in [1.807, 2.05) is 6.07 Å². The van der Waals surface area contributed by atoms with Crippen molar-refractivity contribution in [1.82, 2.24) is 20.4 Å². The van der Waals surface area contributed by atoms with Crippen LogP contribution in [0.1, 0.15) is 12.5 Å². The topological polar surface area (TPSA) is 42.9 Å². The Hall–Kier alpha value is -0.860. The molecule has 2 rings (SSSR count). The van der Waals surface area contributed by atoms with E-state index in [0.717, 1.165) is 38.7 Å². The lowest BCUT2D eigenvalue weighted by atomic mass is 10.2. The smallest absolute Gasteiger partial charge is 0.191 e. The van der Waals surface area contributed by atoms with Gasteiger partial charge < -0.3 is 15.5 Å². The van der Waals surface area contributed by atoms with Crippen molar-refractivity contribution >= 4 is 29.9 Å². The minimum atomic E-state index is 0. The monoisotopic (exact) mass is 431 g/mol. The second-order valence-corrected chi connectivity index (χ2v) is 5.96. The van der Waals surface area contributed by atoms with Gasteiger partial charge in [0, 0.05) is 38.8 Å². The van der Waals surface area contributed by atoms with Crippen molar-refractivity contribution in [2.24, 2.45) is 4.99 Å². The van der Waals surface area contributed by atoms with E-state index in [1.165, 1.54) is 5.56 Å². The van der Waals surface area contributed by atoms with Crippen LogP contribution in [0.5, 0.6) is 0 Å². The molecular formula is C17H30IN5. The van der Waals surface area contributed by atoms with E-state index in [1.54, 1.807) is 0 Å². The number of hydrogen-bond acceptors (Lipinski definition) is 3. The second kappa shape index (κ2) is 10.8. The number of rotatable bonds is 5. The van der Waals surface area contributed by atoms with Crippen molar-refractivity contribution in [3.8, 4) is 0 Å².